The van der Waals surface area contributed by atoms with Crippen molar-refractivity contribution in [2.75, 3.05) is 25.5 Å². The summed E-state index contributed by atoms with van der Waals surface area (Å²) < 4.78 is 0. The highest BCUT2D eigenvalue weighted by atomic mass is 32.2. The maximum absolute atomic E-state index is 12.3. The molecule has 0 aromatic rings. The van der Waals surface area contributed by atoms with Gasteiger partial charge >= 0.3 is 5.97 Å². The second kappa shape index (κ2) is 15.0. The number of rotatable bonds is 15. The Morgan fingerprint density at radius 3 is 2.61 bits per heavy atom. The molecular formula is C17H27N7O6S. The van der Waals surface area contributed by atoms with E-state index >= 15 is 0 Å². The monoisotopic (exact) mass is 457 g/mol. The van der Waals surface area contributed by atoms with Crippen LogP contribution in [0.2, 0.25) is 0 Å². The predicted molar refractivity (Wildman–Crippen MR) is 111 cm³/mol. The molecule has 172 valence electrons. The van der Waals surface area contributed by atoms with Crippen molar-refractivity contribution in [2.24, 2.45) is 10.8 Å². The maximum atomic E-state index is 12.3. The Hall–Kier alpha value is -2.83. The Morgan fingerprint density at radius 1 is 1.16 bits per heavy atom. The highest BCUT2D eigenvalue weighted by Crippen LogP contribution is 2.26. The Balaban J connectivity index is 2.25. The third-order valence-corrected chi connectivity index (χ3v) is 5.29. The zero-order valence-electron chi connectivity index (χ0n) is 17.1. The third-order valence-electron chi connectivity index (χ3n) is 4.08. The number of thioether (sulfide) groups is 1. The summed E-state index contributed by atoms with van der Waals surface area (Å²) in [5.74, 6) is -2.17. The molecule has 1 rings (SSSR count). The summed E-state index contributed by atoms with van der Waals surface area (Å²) in [6.45, 7) is 0.545. The van der Waals surface area contributed by atoms with E-state index in [-0.39, 0.29) is 56.5 Å². The molecule has 0 aromatic heterocycles. The second-order valence-corrected chi connectivity index (χ2v) is 7.78. The van der Waals surface area contributed by atoms with Gasteiger partial charge in [-0.2, -0.15) is 0 Å². The average molecular weight is 458 g/mol. The number of nitrogens with zero attached hydrogens (tertiary/aromatic N) is 4. The van der Waals surface area contributed by atoms with Gasteiger partial charge in [0.2, 0.25) is 11.8 Å². The molecule has 1 fully saturated rings. The first-order valence-electron chi connectivity index (χ1n) is 9.82. The number of carbonyl (C=O) groups excluding carboxylic acids is 5. The Morgan fingerprint density at radius 2 is 1.90 bits per heavy atom. The van der Waals surface area contributed by atoms with Crippen molar-refractivity contribution >= 4 is 41.4 Å². The molecule has 1 aliphatic rings. The minimum atomic E-state index is -0.715. The van der Waals surface area contributed by atoms with Crippen molar-refractivity contribution in [3.8, 4) is 0 Å². The zero-order valence-corrected chi connectivity index (χ0v) is 17.9. The number of unbranched alkanes of at least 4 members (excludes halogenated alkanes) is 2. The molecule has 0 aliphatic carbocycles. The molecule has 14 heteroatoms. The van der Waals surface area contributed by atoms with Crippen LogP contribution in [0, 0.1) is 0 Å². The number of hydrogen-bond donors (Lipinski definition) is 3. The molecule has 0 aromatic carbocycles. The Labute approximate surface area is 183 Å². The fourth-order valence-corrected chi connectivity index (χ4v) is 3.62. The average Bonchev–Trinajstić information content (AvgIpc) is 2.98. The van der Waals surface area contributed by atoms with Crippen LogP contribution in [0.5, 0.6) is 0 Å². The van der Waals surface area contributed by atoms with Crippen LogP contribution in [0.4, 0.5) is 0 Å². The SMILES string of the molecule is [N-]=[N+]=NCCCCCC(=O)ON1C(=O)CC(SCCC(=O)NCCC(=O)NCN)C1=O. The van der Waals surface area contributed by atoms with E-state index in [9.17, 15) is 24.0 Å². The lowest BCUT2D eigenvalue weighted by Crippen LogP contribution is -2.34. The van der Waals surface area contributed by atoms with Crippen molar-refractivity contribution in [2.45, 2.75) is 50.2 Å². The summed E-state index contributed by atoms with van der Waals surface area (Å²) in [7, 11) is 0. The predicted octanol–water partition coefficient (Wildman–Crippen LogP) is 0.105. The van der Waals surface area contributed by atoms with Gasteiger partial charge < -0.3 is 21.2 Å². The number of hydroxylamine groups is 2. The van der Waals surface area contributed by atoms with Crippen LogP contribution in [0.3, 0.4) is 0 Å². The highest BCUT2D eigenvalue weighted by molar-refractivity contribution is 8.00. The number of nitrogens with two attached hydrogens (primary N) is 1. The van der Waals surface area contributed by atoms with Gasteiger partial charge in [0.25, 0.3) is 11.8 Å². The van der Waals surface area contributed by atoms with Gasteiger partial charge in [-0.05, 0) is 18.4 Å². The molecule has 4 amide bonds. The zero-order chi connectivity index (χ0) is 23.1. The number of imide groups is 1. The van der Waals surface area contributed by atoms with E-state index in [0.717, 1.165) is 11.8 Å². The molecule has 31 heavy (non-hydrogen) atoms. The van der Waals surface area contributed by atoms with Crippen molar-refractivity contribution in [1.82, 2.24) is 15.7 Å². The van der Waals surface area contributed by atoms with E-state index in [1.807, 2.05) is 0 Å². The molecule has 1 aliphatic heterocycles. The van der Waals surface area contributed by atoms with Gasteiger partial charge in [0, 0.05) is 43.0 Å². The molecule has 0 saturated carbocycles. The summed E-state index contributed by atoms with van der Waals surface area (Å²) >= 11 is 1.13. The lowest BCUT2D eigenvalue weighted by Gasteiger charge is -2.13. The fourth-order valence-electron chi connectivity index (χ4n) is 2.53. The Bertz CT molecular complexity index is 713. The van der Waals surface area contributed by atoms with Gasteiger partial charge in [0.1, 0.15) is 0 Å². The number of azide groups is 1. The van der Waals surface area contributed by atoms with E-state index in [4.69, 9.17) is 16.1 Å². The highest BCUT2D eigenvalue weighted by Gasteiger charge is 2.41. The van der Waals surface area contributed by atoms with Gasteiger partial charge in [-0.1, -0.05) is 11.5 Å². The largest absolute Gasteiger partial charge is 0.356 e. The maximum Gasteiger partial charge on any atom is 0.333 e. The topological polar surface area (TPSA) is 197 Å². The van der Waals surface area contributed by atoms with E-state index in [1.54, 1.807) is 0 Å². The molecule has 0 bridgehead atoms. The summed E-state index contributed by atoms with van der Waals surface area (Å²) in [5, 5.41) is 8.15. The van der Waals surface area contributed by atoms with Crippen LogP contribution in [0.25, 0.3) is 10.4 Å². The van der Waals surface area contributed by atoms with Gasteiger partial charge in [0.05, 0.1) is 18.3 Å². The quantitative estimate of drug-likeness (QED) is 0.0768. The summed E-state index contributed by atoms with van der Waals surface area (Å²) in [6, 6.07) is 0. The van der Waals surface area contributed by atoms with E-state index < -0.39 is 23.0 Å². The van der Waals surface area contributed by atoms with Crippen LogP contribution >= 0.6 is 11.8 Å². The fraction of sp³-hybridized carbons (Fsp3) is 0.706. The summed E-state index contributed by atoms with van der Waals surface area (Å²) in [5.41, 5.74) is 13.3. The second-order valence-electron chi connectivity index (χ2n) is 6.47. The first kappa shape index (κ1) is 26.2. The van der Waals surface area contributed by atoms with Crippen molar-refractivity contribution in [3.05, 3.63) is 10.4 Å². The third kappa shape index (κ3) is 10.7. The Kier molecular flexibility index (Phi) is 12.7. The smallest absolute Gasteiger partial charge is 0.333 e. The summed E-state index contributed by atoms with van der Waals surface area (Å²) in [4.78, 5) is 66.6. The van der Waals surface area contributed by atoms with Crippen molar-refractivity contribution in [3.63, 3.8) is 0 Å². The summed E-state index contributed by atoms with van der Waals surface area (Å²) in [6.07, 6.45) is 1.91. The number of hydrogen-bond acceptors (Lipinski definition) is 9. The van der Waals surface area contributed by atoms with Crippen molar-refractivity contribution < 1.29 is 28.8 Å². The number of amides is 4. The molecule has 13 nitrogen and oxygen atoms in total. The van der Waals surface area contributed by atoms with Crippen molar-refractivity contribution in [1.29, 1.82) is 0 Å². The molecule has 0 spiro atoms. The van der Waals surface area contributed by atoms with Crippen LogP contribution in [-0.2, 0) is 28.8 Å². The molecule has 4 N–H and O–H groups in total. The molecule has 1 unspecified atom stereocenters. The van der Waals surface area contributed by atoms with Gasteiger partial charge in [-0.3, -0.25) is 19.2 Å². The van der Waals surface area contributed by atoms with Crippen LogP contribution < -0.4 is 16.4 Å². The van der Waals surface area contributed by atoms with Gasteiger partial charge in [0.15, 0.2) is 0 Å². The van der Waals surface area contributed by atoms with E-state index in [1.165, 1.54) is 0 Å². The van der Waals surface area contributed by atoms with E-state index in [0.29, 0.717) is 30.9 Å². The minimum absolute atomic E-state index is 0.0305. The molecule has 1 atom stereocenters. The first-order valence-corrected chi connectivity index (χ1v) is 10.9. The lowest BCUT2D eigenvalue weighted by atomic mass is 10.2. The number of carbonyl (C=O) groups is 5. The van der Waals surface area contributed by atoms with Gasteiger partial charge in [-0.25, -0.2) is 4.79 Å². The molecule has 1 saturated heterocycles. The molecule has 1 heterocycles. The molecule has 0 radical (unpaired) electrons. The van der Waals surface area contributed by atoms with Gasteiger partial charge in [-0.15, -0.1) is 16.8 Å². The van der Waals surface area contributed by atoms with Crippen LogP contribution in [0.1, 0.15) is 44.9 Å². The normalized spacial score (nSPS) is 15.4. The first-order chi connectivity index (χ1) is 14.9. The minimum Gasteiger partial charge on any atom is -0.356 e. The lowest BCUT2D eigenvalue weighted by molar-refractivity contribution is -0.197. The molecular weight excluding hydrogens is 430 g/mol. The number of nitrogens with one attached hydrogen (secondary N) is 2. The standard InChI is InChI=1S/C17H27N7O6S/c18-11-21-13(25)5-8-20-14(26)6-9-31-12-10-15(27)24(17(12)29)30-16(28)4-2-1-3-7-22-23-19/h12H,1-11,18H2,(H,20,26)(H,21,25). The van der Waals surface area contributed by atoms with Crippen LogP contribution in [-0.4, -0.2) is 65.4 Å². The van der Waals surface area contributed by atoms with Crippen LogP contribution in [0.15, 0.2) is 5.11 Å². The van der Waals surface area contributed by atoms with E-state index in [2.05, 4.69) is 20.7 Å².